The Labute approximate surface area is 206 Å². The third kappa shape index (κ3) is 5.63. The lowest BCUT2D eigenvalue weighted by atomic mass is 9.81. The molecule has 186 valence electrons. The number of thioether (sulfide) groups is 1. The first-order chi connectivity index (χ1) is 16.2. The zero-order valence-electron chi connectivity index (χ0n) is 20.2. The summed E-state index contributed by atoms with van der Waals surface area (Å²) in [5.41, 5.74) is 0.950. The van der Waals surface area contributed by atoms with Gasteiger partial charge in [0.25, 0.3) is 0 Å². The lowest BCUT2D eigenvalue weighted by Gasteiger charge is -2.36. The van der Waals surface area contributed by atoms with E-state index in [1.807, 2.05) is 24.1 Å². The Morgan fingerprint density at radius 3 is 2.50 bits per heavy atom. The van der Waals surface area contributed by atoms with Crippen LogP contribution < -0.4 is 9.64 Å². The van der Waals surface area contributed by atoms with E-state index in [4.69, 9.17) is 4.74 Å². The second-order valence-corrected chi connectivity index (χ2v) is 11.5. The molecule has 1 heterocycles. The summed E-state index contributed by atoms with van der Waals surface area (Å²) in [7, 11) is -2.39. The van der Waals surface area contributed by atoms with Gasteiger partial charge in [-0.2, -0.15) is 0 Å². The van der Waals surface area contributed by atoms with E-state index in [-0.39, 0.29) is 23.0 Å². The van der Waals surface area contributed by atoms with Gasteiger partial charge < -0.3 is 19.5 Å². The molecule has 1 unspecified atom stereocenters. The molecule has 9 heteroatoms. The first-order valence-corrected chi connectivity index (χ1v) is 14.3. The molecule has 0 spiro atoms. The minimum absolute atomic E-state index is 0.0349. The van der Waals surface area contributed by atoms with Crippen LogP contribution in [0.5, 0.6) is 11.5 Å². The molecule has 34 heavy (non-hydrogen) atoms. The van der Waals surface area contributed by atoms with Gasteiger partial charge in [0.05, 0.1) is 28.3 Å². The lowest BCUT2D eigenvalue weighted by molar-refractivity contribution is -0.142. The molecule has 0 saturated carbocycles. The van der Waals surface area contributed by atoms with Crippen LogP contribution in [0.4, 0.5) is 11.4 Å². The highest BCUT2D eigenvalue weighted by Gasteiger charge is 2.42. The maximum Gasteiger partial charge on any atom is 0.343 e. The molecule has 2 aromatic carbocycles. The summed E-state index contributed by atoms with van der Waals surface area (Å²) in [5.74, 6) is -0.0215. The van der Waals surface area contributed by atoms with Crippen molar-refractivity contribution >= 4 is 38.9 Å². The highest BCUT2D eigenvalue weighted by atomic mass is 32.2. The van der Waals surface area contributed by atoms with E-state index in [1.165, 1.54) is 18.9 Å². The van der Waals surface area contributed by atoms with E-state index >= 15 is 0 Å². The van der Waals surface area contributed by atoms with Crippen molar-refractivity contribution in [3.8, 4) is 11.5 Å². The van der Waals surface area contributed by atoms with Crippen molar-refractivity contribution in [2.75, 3.05) is 37.2 Å². The number of unbranched alkanes of at least 4 members (excludes halogenated alkanes) is 1. The molecule has 0 aliphatic carbocycles. The van der Waals surface area contributed by atoms with E-state index in [1.54, 1.807) is 30.3 Å². The Hall–Kier alpha value is -2.39. The van der Waals surface area contributed by atoms with Crippen molar-refractivity contribution in [3.05, 3.63) is 36.4 Å². The number of methoxy groups -OCH3 is 1. The summed E-state index contributed by atoms with van der Waals surface area (Å²) < 4.78 is 37.9. The number of nitrogens with zero attached hydrogens (tertiary/aromatic N) is 1. The summed E-state index contributed by atoms with van der Waals surface area (Å²) in [5, 5.41) is 9.82. The molecule has 7 nitrogen and oxygen atoms in total. The first-order valence-electron chi connectivity index (χ1n) is 11.4. The number of anilines is 2. The largest absolute Gasteiger partial charge is 0.508 e. The lowest BCUT2D eigenvalue weighted by Crippen LogP contribution is -2.37. The number of hydrogen-bond donors (Lipinski definition) is 1. The van der Waals surface area contributed by atoms with Crippen LogP contribution in [0.15, 0.2) is 46.2 Å². The molecule has 1 N–H and O–H groups in total. The van der Waals surface area contributed by atoms with Crippen LogP contribution in [0.2, 0.25) is 0 Å². The third-order valence-electron chi connectivity index (χ3n) is 6.41. The second-order valence-electron chi connectivity index (χ2n) is 8.65. The van der Waals surface area contributed by atoms with Crippen molar-refractivity contribution in [2.45, 2.75) is 49.3 Å². The highest BCUT2D eigenvalue weighted by Crippen LogP contribution is 2.47. The van der Waals surface area contributed by atoms with E-state index in [0.29, 0.717) is 18.0 Å². The fourth-order valence-corrected chi connectivity index (χ4v) is 7.09. The Bertz CT molecular complexity index is 1120. The van der Waals surface area contributed by atoms with Crippen LogP contribution in [-0.4, -0.2) is 51.8 Å². The fraction of sp³-hybridized carbons (Fsp3) is 0.480. The second kappa shape index (κ2) is 10.9. The minimum Gasteiger partial charge on any atom is -0.508 e. The molecule has 1 atom stereocenters. The number of esters is 1. The smallest absolute Gasteiger partial charge is 0.343 e. The Balaban J connectivity index is 2.22. The van der Waals surface area contributed by atoms with Gasteiger partial charge in [0.1, 0.15) is 11.5 Å². The number of fused-ring (bicyclic) bond motifs is 1. The number of rotatable bonds is 9. The van der Waals surface area contributed by atoms with Gasteiger partial charge in [-0.3, -0.25) is 0 Å². The zero-order valence-corrected chi connectivity index (χ0v) is 21.8. The summed E-state index contributed by atoms with van der Waals surface area (Å²) in [6.07, 6.45) is 5.31. The minimum atomic E-state index is -3.67. The molecule has 2 aromatic rings. The predicted octanol–water partition coefficient (Wildman–Crippen LogP) is 5.18. The van der Waals surface area contributed by atoms with Gasteiger partial charge in [-0.25, -0.2) is 13.2 Å². The van der Waals surface area contributed by atoms with Crippen molar-refractivity contribution in [1.82, 2.24) is 0 Å². The average Bonchev–Trinajstić information content (AvgIpc) is 2.93. The van der Waals surface area contributed by atoms with Crippen LogP contribution in [0, 0.1) is 5.41 Å². The van der Waals surface area contributed by atoms with Crippen molar-refractivity contribution in [3.63, 3.8) is 0 Å². The topological polar surface area (TPSA) is 93.1 Å². The molecular weight excluding hydrogens is 474 g/mol. The molecule has 1 aliphatic rings. The maximum atomic E-state index is 13.8. The van der Waals surface area contributed by atoms with Crippen molar-refractivity contribution < 1.29 is 27.8 Å². The zero-order chi connectivity index (χ0) is 24.9. The number of phenolic OH excluding ortho intramolecular Hbond substituents is 1. The monoisotopic (exact) mass is 507 g/mol. The van der Waals surface area contributed by atoms with Gasteiger partial charge in [-0.15, -0.1) is 11.8 Å². The van der Waals surface area contributed by atoms with Crippen LogP contribution in [0.25, 0.3) is 0 Å². The standard InChI is InChI=1S/C25H33NO6S2/c1-5-7-12-25(6-2)16-26(18-8-10-19(27)11-9-18)20-13-22(33-4)21(32-15-24(28)31-3)14-23(20)34(29,30)17-25/h8-11,13-14,27H,5-7,12,15-17H2,1-4H3. The SMILES string of the molecule is CCCCC1(CC)CN(c2ccc(O)cc2)c2cc(SC)c(OCC(=O)OC)cc2S(=O)(=O)C1. The molecule has 0 fully saturated rings. The fourth-order valence-electron chi connectivity index (χ4n) is 4.36. The number of carbonyl (C=O) groups is 1. The van der Waals surface area contributed by atoms with E-state index in [0.717, 1.165) is 36.3 Å². The van der Waals surface area contributed by atoms with Crippen LogP contribution in [-0.2, 0) is 19.4 Å². The maximum absolute atomic E-state index is 13.8. The number of sulfone groups is 1. The average molecular weight is 508 g/mol. The summed E-state index contributed by atoms with van der Waals surface area (Å²) in [6.45, 7) is 4.39. The molecular formula is C25H33NO6S2. The number of phenols is 1. The number of benzene rings is 2. The van der Waals surface area contributed by atoms with Crippen LogP contribution >= 0.6 is 11.8 Å². The van der Waals surface area contributed by atoms with Gasteiger partial charge in [-0.1, -0.05) is 26.7 Å². The molecule has 0 radical (unpaired) electrons. The van der Waals surface area contributed by atoms with E-state index in [2.05, 4.69) is 11.7 Å². The highest BCUT2D eigenvalue weighted by molar-refractivity contribution is 7.98. The van der Waals surface area contributed by atoms with Gasteiger partial charge in [0.15, 0.2) is 16.4 Å². The predicted molar refractivity (Wildman–Crippen MR) is 135 cm³/mol. The molecule has 3 rings (SSSR count). The quantitative estimate of drug-likeness (QED) is 0.367. The van der Waals surface area contributed by atoms with E-state index in [9.17, 15) is 18.3 Å². The molecule has 0 aromatic heterocycles. The Morgan fingerprint density at radius 2 is 1.91 bits per heavy atom. The van der Waals surface area contributed by atoms with E-state index < -0.39 is 21.2 Å². The van der Waals surface area contributed by atoms with Gasteiger partial charge in [0.2, 0.25) is 0 Å². The molecule has 0 bridgehead atoms. The number of ether oxygens (including phenoxy) is 2. The summed E-state index contributed by atoms with van der Waals surface area (Å²) in [6, 6.07) is 10.2. The van der Waals surface area contributed by atoms with Crippen molar-refractivity contribution in [1.29, 1.82) is 0 Å². The van der Waals surface area contributed by atoms with Gasteiger partial charge in [0, 0.05) is 23.7 Å². The molecule has 0 saturated heterocycles. The Kier molecular flexibility index (Phi) is 8.41. The first kappa shape index (κ1) is 26.2. The normalized spacial score (nSPS) is 19.2. The number of carbonyl (C=O) groups excluding carboxylic acids is 1. The van der Waals surface area contributed by atoms with Crippen LogP contribution in [0.1, 0.15) is 39.5 Å². The molecule has 0 amide bonds. The summed E-state index contributed by atoms with van der Waals surface area (Å²) in [4.78, 5) is 14.6. The Morgan fingerprint density at radius 1 is 1.21 bits per heavy atom. The van der Waals surface area contributed by atoms with Crippen molar-refractivity contribution in [2.24, 2.45) is 5.41 Å². The van der Waals surface area contributed by atoms with Gasteiger partial charge in [-0.05, 0) is 49.4 Å². The number of aromatic hydroxyl groups is 1. The number of hydrogen-bond acceptors (Lipinski definition) is 8. The summed E-state index contributed by atoms with van der Waals surface area (Å²) >= 11 is 1.42. The van der Waals surface area contributed by atoms with Gasteiger partial charge >= 0.3 is 5.97 Å². The molecule has 1 aliphatic heterocycles. The van der Waals surface area contributed by atoms with Crippen LogP contribution in [0.3, 0.4) is 0 Å². The third-order valence-corrected chi connectivity index (χ3v) is 9.15.